The summed E-state index contributed by atoms with van der Waals surface area (Å²) < 4.78 is 27.2. The van der Waals surface area contributed by atoms with E-state index in [4.69, 9.17) is 5.11 Å². The molecule has 23 heavy (non-hydrogen) atoms. The van der Waals surface area contributed by atoms with Crippen LogP contribution in [0, 0.1) is 5.92 Å². The van der Waals surface area contributed by atoms with Crippen LogP contribution >= 0.6 is 0 Å². The molecule has 0 aliphatic carbocycles. The minimum absolute atomic E-state index is 0.204. The summed E-state index contributed by atoms with van der Waals surface area (Å²) in [7, 11) is -3.49. The molecule has 1 aliphatic heterocycles. The number of benzene rings is 1. The van der Waals surface area contributed by atoms with Gasteiger partial charge in [-0.25, -0.2) is 13.1 Å². The van der Waals surface area contributed by atoms with Crippen LogP contribution in [0.3, 0.4) is 0 Å². The number of para-hydroxylation sites is 1. The predicted octanol–water partition coefficient (Wildman–Crippen LogP) is 2.07. The van der Waals surface area contributed by atoms with E-state index < -0.39 is 16.0 Å². The zero-order valence-electron chi connectivity index (χ0n) is 13.4. The standard InChI is InChI=1S/C16H24N2O4S/c1-2-17-23(21,22)15-6-4-3-5-14(15)18-11-9-13(10-12-18)7-8-16(19)20/h3-6,13,17H,2,7-12H2,1H3,(H,19,20). The van der Waals surface area contributed by atoms with E-state index in [0.29, 0.717) is 23.8 Å². The van der Waals surface area contributed by atoms with Gasteiger partial charge in [-0.05, 0) is 37.3 Å². The summed E-state index contributed by atoms with van der Waals surface area (Å²) in [5.74, 6) is -0.352. The largest absolute Gasteiger partial charge is 0.481 e. The molecule has 0 atom stereocenters. The Hall–Kier alpha value is -1.60. The summed E-state index contributed by atoms with van der Waals surface area (Å²) in [6, 6.07) is 7.04. The Morgan fingerprint density at radius 3 is 2.57 bits per heavy atom. The molecule has 2 rings (SSSR count). The average Bonchev–Trinajstić information content (AvgIpc) is 2.53. The maximum absolute atomic E-state index is 12.3. The second kappa shape index (κ2) is 7.79. The maximum atomic E-state index is 12.3. The highest BCUT2D eigenvalue weighted by molar-refractivity contribution is 7.89. The fourth-order valence-electron chi connectivity index (χ4n) is 3.00. The molecule has 1 heterocycles. The van der Waals surface area contributed by atoms with Gasteiger partial charge in [0.15, 0.2) is 0 Å². The van der Waals surface area contributed by atoms with Gasteiger partial charge in [0.05, 0.1) is 5.69 Å². The van der Waals surface area contributed by atoms with Gasteiger partial charge in [-0.2, -0.15) is 0 Å². The minimum Gasteiger partial charge on any atom is -0.481 e. The van der Waals surface area contributed by atoms with Crippen molar-refractivity contribution < 1.29 is 18.3 Å². The number of sulfonamides is 1. The molecule has 0 aromatic heterocycles. The summed E-state index contributed by atoms with van der Waals surface area (Å²) in [6.07, 6.45) is 2.68. The van der Waals surface area contributed by atoms with Gasteiger partial charge < -0.3 is 10.0 Å². The lowest BCUT2D eigenvalue weighted by Gasteiger charge is -2.34. The highest BCUT2D eigenvalue weighted by Gasteiger charge is 2.25. The first-order valence-corrected chi connectivity index (χ1v) is 9.47. The lowest BCUT2D eigenvalue weighted by molar-refractivity contribution is -0.137. The van der Waals surface area contributed by atoms with Crippen molar-refractivity contribution in [2.75, 3.05) is 24.5 Å². The minimum atomic E-state index is -3.49. The fraction of sp³-hybridized carbons (Fsp3) is 0.562. The van der Waals surface area contributed by atoms with Crippen LogP contribution < -0.4 is 9.62 Å². The number of piperidine rings is 1. The second-order valence-corrected chi connectivity index (χ2v) is 7.57. The van der Waals surface area contributed by atoms with Crippen LogP contribution in [-0.4, -0.2) is 39.1 Å². The quantitative estimate of drug-likeness (QED) is 0.793. The van der Waals surface area contributed by atoms with E-state index in [9.17, 15) is 13.2 Å². The van der Waals surface area contributed by atoms with Gasteiger partial charge in [-0.15, -0.1) is 0 Å². The second-order valence-electron chi connectivity index (χ2n) is 5.83. The van der Waals surface area contributed by atoms with E-state index in [1.807, 2.05) is 12.1 Å². The Balaban J connectivity index is 2.08. The number of carbonyl (C=O) groups is 1. The summed E-state index contributed by atoms with van der Waals surface area (Å²) in [4.78, 5) is 13.1. The molecular weight excluding hydrogens is 316 g/mol. The van der Waals surface area contributed by atoms with Crippen LogP contribution in [0.25, 0.3) is 0 Å². The molecule has 1 fully saturated rings. The van der Waals surface area contributed by atoms with E-state index in [1.165, 1.54) is 0 Å². The Labute approximate surface area is 137 Å². The van der Waals surface area contributed by atoms with E-state index in [2.05, 4.69) is 9.62 Å². The third-order valence-electron chi connectivity index (χ3n) is 4.21. The molecule has 0 spiro atoms. The summed E-state index contributed by atoms with van der Waals surface area (Å²) in [5, 5.41) is 8.77. The Bertz CT molecular complexity index is 637. The zero-order valence-corrected chi connectivity index (χ0v) is 14.2. The van der Waals surface area contributed by atoms with E-state index in [-0.39, 0.29) is 6.42 Å². The molecule has 0 saturated carbocycles. The Morgan fingerprint density at radius 1 is 1.30 bits per heavy atom. The van der Waals surface area contributed by atoms with Gasteiger partial charge in [-0.1, -0.05) is 19.1 Å². The van der Waals surface area contributed by atoms with Crippen molar-refractivity contribution in [2.45, 2.75) is 37.5 Å². The molecular formula is C16H24N2O4S. The fourth-order valence-corrected chi connectivity index (χ4v) is 4.27. The lowest BCUT2D eigenvalue weighted by Crippen LogP contribution is -2.35. The van der Waals surface area contributed by atoms with Gasteiger partial charge in [0, 0.05) is 26.1 Å². The van der Waals surface area contributed by atoms with Crippen molar-refractivity contribution in [3.05, 3.63) is 24.3 Å². The first-order chi connectivity index (χ1) is 10.9. The Kier molecular flexibility index (Phi) is 6.01. The molecule has 2 N–H and O–H groups in total. The monoisotopic (exact) mass is 340 g/mol. The van der Waals surface area contributed by atoms with Crippen molar-refractivity contribution in [1.82, 2.24) is 4.72 Å². The zero-order chi connectivity index (χ0) is 16.9. The number of hydrogen-bond donors (Lipinski definition) is 2. The third kappa shape index (κ3) is 4.68. The number of hydrogen-bond acceptors (Lipinski definition) is 4. The van der Waals surface area contributed by atoms with Crippen molar-refractivity contribution in [2.24, 2.45) is 5.92 Å². The molecule has 0 radical (unpaired) electrons. The molecule has 0 amide bonds. The topological polar surface area (TPSA) is 86.7 Å². The lowest BCUT2D eigenvalue weighted by atomic mass is 9.92. The summed E-state index contributed by atoms with van der Waals surface area (Å²) >= 11 is 0. The molecule has 0 bridgehead atoms. The van der Waals surface area contributed by atoms with Crippen LogP contribution in [0.5, 0.6) is 0 Å². The van der Waals surface area contributed by atoms with E-state index in [1.54, 1.807) is 19.1 Å². The normalized spacial score (nSPS) is 16.5. The van der Waals surface area contributed by atoms with E-state index >= 15 is 0 Å². The van der Waals surface area contributed by atoms with Gasteiger partial charge in [-0.3, -0.25) is 4.79 Å². The smallest absolute Gasteiger partial charge is 0.303 e. The number of carboxylic acids is 1. The van der Waals surface area contributed by atoms with Crippen LogP contribution in [0.4, 0.5) is 5.69 Å². The van der Waals surface area contributed by atoms with Gasteiger partial charge in [0.1, 0.15) is 4.90 Å². The number of rotatable bonds is 7. The molecule has 1 aromatic carbocycles. The van der Waals surface area contributed by atoms with Gasteiger partial charge >= 0.3 is 5.97 Å². The van der Waals surface area contributed by atoms with Gasteiger partial charge in [0.2, 0.25) is 10.0 Å². The first kappa shape index (κ1) is 17.7. The number of nitrogens with one attached hydrogen (secondary N) is 1. The van der Waals surface area contributed by atoms with Crippen LogP contribution in [0.15, 0.2) is 29.2 Å². The summed E-state index contributed by atoms with van der Waals surface area (Å²) in [6.45, 7) is 3.62. The van der Waals surface area contributed by atoms with Crippen LogP contribution in [-0.2, 0) is 14.8 Å². The number of aliphatic carboxylic acids is 1. The average molecular weight is 340 g/mol. The number of carboxylic acid groups (broad SMARTS) is 1. The highest BCUT2D eigenvalue weighted by atomic mass is 32.2. The maximum Gasteiger partial charge on any atom is 0.303 e. The molecule has 7 heteroatoms. The summed E-state index contributed by atoms with van der Waals surface area (Å²) in [5.41, 5.74) is 0.727. The molecule has 0 unspecified atom stereocenters. The van der Waals surface area contributed by atoms with Gasteiger partial charge in [0.25, 0.3) is 0 Å². The Morgan fingerprint density at radius 2 is 1.96 bits per heavy atom. The van der Waals surface area contributed by atoms with Crippen molar-refractivity contribution in [3.8, 4) is 0 Å². The van der Waals surface area contributed by atoms with Crippen LogP contribution in [0.1, 0.15) is 32.6 Å². The predicted molar refractivity (Wildman–Crippen MR) is 89.1 cm³/mol. The highest BCUT2D eigenvalue weighted by Crippen LogP contribution is 2.30. The van der Waals surface area contributed by atoms with E-state index in [0.717, 1.165) is 31.6 Å². The van der Waals surface area contributed by atoms with Crippen molar-refractivity contribution in [1.29, 1.82) is 0 Å². The third-order valence-corrected chi connectivity index (χ3v) is 5.80. The van der Waals surface area contributed by atoms with Crippen LogP contribution in [0.2, 0.25) is 0 Å². The number of nitrogens with zero attached hydrogens (tertiary/aromatic N) is 1. The first-order valence-electron chi connectivity index (χ1n) is 7.99. The molecule has 1 aromatic rings. The molecule has 6 nitrogen and oxygen atoms in total. The van der Waals surface area contributed by atoms with Crippen molar-refractivity contribution in [3.63, 3.8) is 0 Å². The molecule has 128 valence electrons. The number of anilines is 1. The molecule has 1 saturated heterocycles. The van der Waals surface area contributed by atoms with Crippen molar-refractivity contribution >= 4 is 21.7 Å². The molecule has 1 aliphatic rings. The SMILES string of the molecule is CCNS(=O)(=O)c1ccccc1N1CCC(CCC(=O)O)CC1.